The normalized spacial score (nSPS) is 31.9. The minimum absolute atomic E-state index is 0.0653. The number of amides is 1. The highest BCUT2D eigenvalue weighted by molar-refractivity contribution is 5.95. The number of hydrogen-bond donors (Lipinski definition) is 5. The summed E-state index contributed by atoms with van der Waals surface area (Å²) in [6.45, 7) is 10.8. The Morgan fingerprint density at radius 1 is 0.891 bits per heavy atom. The maximum Gasteiger partial charge on any atom is 0.338 e. The first-order chi connectivity index (χ1) is 30.2. The summed E-state index contributed by atoms with van der Waals surface area (Å²) >= 11 is 0. The number of ketones is 1. The molecule has 0 spiro atoms. The Balaban J connectivity index is 1.35. The van der Waals surface area contributed by atoms with Crippen molar-refractivity contribution in [1.29, 1.82) is 0 Å². The molecule has 0 radical (unpaired) electrons. The molecule has 3 aromatic carbocycles. The second kappa shape index (κ2) is 17.6. The molecule has 3 fully saturated rings. The van der Waals surface area contributed by atoms with Gasteiger partial charge in [-0.15, -0.1) is 0 Å². The van der Waals surface area contributed by atoms with Gasteiger partial charge in [0.25, 0.3) is 5.91 Å². The standard InChI is InChI=1S/C49H57NO14/c1-8-60-27(3)31-21-15-16-22-32(31)37(50-43(56)29-17-11-9-12-18-29)39(54)45(58)62-33-24-49(59)42(63-44(57)30-19-13-10-14-20-30)40-47(7,41(55)38(53)36(26(33)2)46(49,5)6)34(52)23-35-48(40,25-61-35)64-28(4)51/h9-22,27,33-35,37-40,42,52-54,59H,8,23-25H2,1-7H3,(H,50,56)/t27?,33-,34-,35+,37-,38+,39+,40?,42-,47+,48-,49+/m0/s1. The molecule has 342 valence electrons. The zero-order chi connectivity index (χ0) is 46.5. The van der Waals surface area contributed by atoms with Crippen molar-refractivity contribution in [3.63, 3.8) is 0 Å². The molecule has 2 bridgehead atoms. The van der Waals surface area contributed by atoms with E-state index in [0.717, 1.165) is 6.92 Å². The largest absolute Gasteiger partial charge is 0.456 e. The summed E-state index contributed by atoms with van der Waals surface area (Å²) in [7, 11) is 0. The van der Waals surface area contributed by atoms with Gasteiger partial charge in [-0.2, -0.15) is 0 Å². The van der Waals surface area contributed by atoms with E-state index in [9.17, 15) is 39.6 Å². The number of esters is 3. The van der Waals surface area contributed by atoms with Gasteiger partial charge in [0.2, 0.25) is 0 Å². The lowest BCUT2D eigenvalue weighted by atomic mass is 9.44. The number of fused-ring (bicyclic) bond motifs is 5. The monoisotopic (exact) mass is 883 g/mol. The average molecular weight is 884 g/mol. The van der Waals surface area contributed by atoms with E-state index in [4.69, 9.17) is 23.7 Å². The van der Waals surface area contributed by atoms with Crippen molar-refractivity contribution in [2.45, 2.75) is 121 Å². The first-order valence-corrected chi connectivity index (χ1v) is 21.6. The van der Waals surface area contributed by atoms with E-state index in [1.807, 2.05) is 6.92 Å². The molecule has 64 heavy (non-hydrogen) atoms. The Hall–Kier alpha value is -5.29. The number of carbonyl (C=O) groups excluding carboxylic acids is 5. The van der Waals surface area contributed by atoms with Crippen LogP contribution in [-0.4, -0.2) is 111 Å². The predicted molar refractivity (Wildman–Crippen MR) is 228 cm³/mol. The van der Waals surface area contributed by atoms with Gasteiger partial charge in [0.1, 0.15) is 30.0 Å². The number of nitrogens with one attached hydrogen (secondary N) is 1. The third-order valence-electron chi connectivity index (χ3n) is 14.2. The number of aliphatic hydroxyl groups is 4. The van der Waals surface area contributed by atoms with Crippen molar-refractivity contribution >= 4 is 29.6 Å². The molecule has 15 nitrogen and oxygen atoms in total. The van der Waals surface area contributed by atoms with E-state index in [1.54, 1.807) is 93.6 Å². The molecule has 5 N–H and O–H groups in total. The molecule has 15 heteroatoms. The van der Waals surface area contributed by atoms with E-state index in [1.165, 1.54) is 26.0 Å². The molecule has 3 aliphatic carbocycles. The molecule has 1 amide bonds. The molecule has 1 aliphatic heterocycles. The van der Waals surface area contributed by atoms with Gasteiger partial charge in [-0.1, -0.05) is 74.5 Å². The minimum Gasteiger partial charge on any atom is -0.456 e. The lowest BCUT2D eigenvalue weighted by molar-refractivity contribution is -0.346. The van der Waals surface area contributed by atoms with Crippen LogP contribution < -0.4 is 5.32 Å². The van der Waals surface area contributed by atoms with Crippen LogP contribution in [0.4, 0.5) is 0 Å². The van der Waals surface area contributed by atoms with Crippen LogP contribution in [0.25, 0.3) is 0 Å². The Kier molecular flexibility index (Phi) is 12.8. The topological polar surface area (TPSA) is 224 Å². The number of benzene rings is 3. The van der Waals surface area contributed by atoms with Crippen LogP contribution in [-0.2, 0) is 38.1 Å². The zero-order valence-corrected chi connectivity index (χ0v) is 37.0. The summed E-state index contributed by atoms with van der Waals surface area (Å²) in [5.74, 6) is -5.98. The summed E-state index contributed by atoms with van der Waals surface area (Å²) in [5.41, 5.74) is -6.44. The number of carbonyl (C=O) groups is 5. The fraction of sp³-hybridized carbons (Fsp3) is 0.490. The fourth-order valence-corrected chi connectivity index (χ4v) is 10.8. The van der Waals surface area contributed by atoms with E-state index >= 15 is 4.79 Å². The second-order valence-electron chi connectivity index (χ2n) is 18.1. The molecule has 1 heterocycles. The molecule has 4 aliphatic rings. The highest BCUT2D eigenvalue weighted by atomic mass is 16.6. The number of aliphatic hydroxyl groups excluding tert-OH is 3. The molecular formula is C49H57NO14. The van der Waals surface area contributed by atoms with Crippen molar-refractivity contribution in [1.82, 2.24) is 5.32 Å². The molecule has 7 rings (SSSR count). The minimum atomic E-state index is -2.37. The van der Waals surface area contributed by atoms with Crippen LogP contribution in [0, 0.1) is 16.7 Å². The Morgan fingerprint density at radius 2 is 1.48 bits per heavy atom. The van der Waals surface area contributed by atoms with E-state index < -0.39 is 113 Å². The SMILES string of the molecule is CCOC(C)c1ccccc1[C@H](NC(=O)c1ccccc1)[C@@H](O)C(=O)O[C@H]1C[C@@]2(O)[C@@H](OC(=O)c3ccccc3)C3[C@](C)(C(=O)[C@H](O)C(=C1C)C2(C)C)[C@@H](O)C[C@H]1OC[C@@]31OC(C)=O. The van der Waals surface area contributed by atoms with Gasteiger partial charge in [0, 0.05) is 37.4 Å². The third kappa shape index (κ3) is 7.65. The molecule has 3 aromatic rings. The van der Waals surface area contributed by atoms with E-state index in [0.29, 0.717) is 17.7 Å². The first-order valence-electron chi connectivity index (χ1n) is 21.6. The highest BCUT2D eigenvalue weighted by Gasteiger charge is 2.78. The number of rotatable bonds is 12. The second-order valence-corrected chi connectivity index (χ2v) is 18.1. The third-order valence-corrected chi connectivity index (χ3v) is 14.2. The van der Waals surface area contributed by atoms with Crippen LogP contribution in [0.15, 0.2) is 96.1 Å². The number of Topliss-reactive ketones (excluding diaryl/α,β-unsaturated/α-hetero) is 1. The van der Waals surface area contributed by atoms with Crippen molar-refractivity contribution in [3.05, 3.63) is 118 Å². The summed E-state index contributed by atoms with van der Waals surface area (Å²) in [6.07, 6.45) is -11.2. The Morgan fingerprint density at radius 3 is 2.06 bits per heavy atom. The van der Waals surface area contributed by atoms with Crippen LogP contribution in [0.1, 0.15) is 105 Å². The predicted octanol–water partition coefficient (Wildman–Crippen LogP) is 4.26. The number of ether oxygens (including phenoxy) is 5. The van der Waals surface area contributed by atoms with Crippen LogP contribution in [0.2, 0.25) is 0 Å². The van der Waals surface area contributed by atoms with E-state index in [-0.39, 0.29) is 35.3 Å². The molecule has 2 saturated carbocycles. The Labute approximate surface area is 371 Å². The summed E-state index contributed by atoms with van der Waals surface area (Å²) < 4.78 is 30.3. The molecule has 2 unspecified atom stereocenters. The van der Waals surface area contributed by atoms with Gasteiger partial charge in [0.05, 0.1) is 41.8 Å². The molecular weight excluding hydrogens is 827 g/mol. The van der Waals surface area contributed by atoms with Gasteiger partial charge in [-0.05, 0) is 74.2 Å². The molecule has 12 atom stereocenters. The quantitative estimate of drug-likeness (QED) is 0.0975. The number of hydrogen-bond acceptors (Lipinski definition) is 14. The Bertz CT molecular complexity index is 2320. The van der Waals surface area contributed by atoms with Gasteiger partial charge < -0.3 is 49.4 Å². The van der Waals surface area contributed by atoms with Crippen LogP contribution >= 0.6 is 0 Å². The van der Waals surface area contributed by atoms with Crippen LogP contribution in [0.5, 0.6) is 0 Å². The fourth-order valence-electron chi connectivity index (χ4n) is 10.8. The van der Waals surface area contributed by atoms with Gasteiger partial charge in [0.15, 0.2) is 17.5 Å². The van der Waals surface area contributed by atoms with Crippen molar-refractivity contribution in [3.8, 4) is 0 Å². The summed E-state index contributed by atoms with van der Waals surface area (Å²) in [6, 6.07) is 21.5. The first kappa shape index (κ1) is 46.7. The van der Waals surface area contributed by atoms with E-state index in [2.05, 4.69) is 5.32 Å². The van der Waals surface area contributed by atoms with Gasteiger partial charge in [-0.25, -0.2) is 9.59 Å². The van der Waals surface area contributed by atoms with Crippen molar-refractivity contribution < 1.29 is 68.1 Å². The maximum atomic E-state index is 15.1. The van der Waals surface area contributed by atoms with Crippen molar-refractivity contribution in [2.24, 2.45) is 16.7 Å². The maximum absolute atomic E-state index is 15.1. The molecule has 1 saturated heterocycles. The lowest BCUT2D eigenvalue weighted by Gasteiger charge is -2.67. The smallest absolute Gasteiger partial charge is 0.338 e. The van der Waals surface area contributed by atoms with Crippen LogP contribution in [0.3, 0.4) is 0 Å². The van der Waals surface area contributed by atoms with Gasteiger partial charge in [-0.3, -0.25) is 14.4 Å². The van der Waals surface area contributed by atoms with Gasteiger partial charge >= 0.3 is 17.9 Å². The average Bonchev–Trinajstić information content (AvgIpc) is 3.27. The van der Waals surface area contributed by atoms with Crippen molar-refractivity contribution in [2.75, 3.05) is 13.2 Å². The zero-order valence-electron chi connectivity index (χ0n) is 37.0. The summed E-state index contributed by atoms with van der Waals surface area (Å²) in [5, 5.41) is 52.7. The molecule has 0 aromatic heterocycles. The lowest BCUT2D eigenvalue weighted by Crippen LogP contribution is -2.81. The highest BCUT2D eigenvalue weighted by Crippen LogP contribution is 2.64. The summed E-state index contributed by atoms with van der Waals surface area (Å²) in [4.78, 5) is 70.6.